The van der Waals surface area contributed by atoms with Crippen LogP contribution in [0.25, 0.3) is 21.0 Å². The van der Waals surface area contributed by atoms with Crippen molar-refractivity contribution < 1.29 is 18.7 Å². The quantitative estimate of drug-likeness (QED) is 0.533. The molecule has 28 heavy (non-hydrogen) atoms. The predicted molar refractivity (Wildman–Crippen MR) is 107 cm³/mol. The minimum Gasteiger partial charge on any atom is -0.490 e. The average molecular weight is 392 g/mol. The molecule has 0 fully saturated rings. The van der Waals surface area contributed by atoms with E-state index in [9.17, 15) is 4.79 Å². The molecule has 4 aromatic rings. The molecule has 0 atom stereocenters. The summed E-state index contributed by atoms with van der Waals surface area (Å²) in [7, 11) is 0. The molecule has 0 saturated carbocycles. The van der Waals surface area contributed by atoms with Crippen LogP contribution in [0.15, 0.2) is 59.0 Å². The number of carbonyl (C=O) groups excluding carboxylic acids is 1. The molecule has 0 radical (unpaired) electrons. The van der Waals surface area contributed by atoms with E-state index in [2.05, 4.69) is 10.3 Å². The topological polar surface area (TPSA) is 73.6 Å². The average Bonchev–Trinajstić information content (AvgIpc) is 3.30. The summed E-state index contributed by atoms with van der Waals surface area (Å²) in [5.41, 5.74) is 1.53. The van der Waals surface area contributed by atoms with Gasteiger partial charge in [0.05, 0.1) is 23.4 Å². The monoisotopic (exact) mass is 392 g/mol. The van der Waals surface area contributed by atoms with Gasteiger partial charge in [0.1, 0.15) is 0 Å². The maximum Gasteiger partial charge on any atom is 0.291 e. The number of rotatable bonds is 3. The number of aromatic nitrogens is 1. The maximum absolute atomic E-state index is 12.6. The smallest absolute Gasteiger partial charge is 0.291 e. The van der Waals surface area contributed by atoms with Gasteiger partial charge in [-0.05, 0) is 36.4 Å². The zero-order valence-electron chi connectivity index (χ0n) is 14.8. The third kappa shape index (κ3) is 3.20. The first-order valence-corrected chi connectivity index (χ1v) is 9.75. The molecule has 2 aromatic carbocycles. The van der Waals surface area contributed by atoms with Gasteiger partial charge in [-0.1, -0.05) is 12.1 Å². The van der Waals surface area contributed by atoms with Crippen molar-refractivity contribution in [2.24, 2.45) is 0 Å². The molecule has 2 aromatic heterocycles. The van der Waals surface area contributed by atoms with Crippen molar-refractivity contribution in [2.45, 2.75) is 6.42 Å². The second-order valence-electron chi connectivity index (χ2n) is 6.32. The molecule has 0 spiro atoms. The van der Waals surface area contributed by atoms with Crippen LogP contribution in [-0.2, 0) is 0 Å². The molecule has 140 valence electrons. The van der Waals surface area contributed by atoms with Gasteiger partial charge in [0.25, 0.3) is 5.91 Å². The lowest BCUT2D eigenvalue weighted by molar-refractivity contribution is 0.0997. The normalized spacial score (nSPS) is 13.3. The Labute approximate surface area is 164 Å². The summed E-state index contributed by atoms with van der Waals surface area (Å²) in [6, 6.07) is 16.6. The van der Waals surface area contributed by atoms with Crippen LogP contribution in [0.5, 0.6) is 11.5 Å². The van der Waals surface area contributed by atoms with Crippen molar-refractivity contribution in [3.05, 3.63) is 60.4 Å². The fourth-order valence-corrected chi connectivity index (χ4v) is 3.91. The number of carbonyl (C=O) groups is 1. The Morgan fingerprint density at radius 2 is 1.86 bits per heavy atom. The number of nitrogens with one attached hydrogen (secondary N) is 1. The predicted octanol–water partition coefficient (Wildman–Crippen LogP) is 4.97. The molecule has 0 saturated heterocycles. The van der Waals surface area contributed by atoms with E-state index in [1.807, 2.05) is 24.3 Å². The SMILES string of the molecule is O=C(Nc1ccc2c(c1)OCCCO2)c1ccc(-c2nc3ccccc3s2)o1. The van der Waals surface area contributed by atoms with Gasteiger partial charge in [-0.25, -0.2) is 4.98 Å². The number of hydrogen-bond acceptors (Lipinski definition) is 6. The molecule has 6 nitrogen and oxygen atoms in total. The Kier molecular flexibility index (Phi) is 4.21. The van der Waals surface area contributed by atoms with Crippen LogP contribution in [0.1, 0.15) is 17.0 Å². The van der Waals surface area contributed by atoms with Gasteiger partial charge >= 0.3 is 0 Å². The minimum atomic E-state index is -0.332. The molecular formula is C21H16N2O4S. The summed E-state index contributed by atoms with van der Waals surface area (Å²) in [6.45, 7) is 1.22. The highest BCUT2D eigenvalue weighted by Crippen LogP contribution is 2.33. The third-order valence-corrected chi connectivity index (χ3v) is 5.39. The Hall–Kier alpha value is -3.32. The van der Waals surface area contributed by atoms with E-state index in [-0.39, 0.29) is 11.7 Å². The lowest BCUT2D eigenvalue weighted by Crippen LogP contribution is -2.10. The van der Waals surface area contributed by atoms with E-state index in [0.717, 1.165) is 21.6 Å². The fourth-order valence-electron chi connectivity index (χ4n) is 2.99. The Balaban J connectivity index is 1.35. The van der Waals surface area contributed by atoms with Crippen LogP contribution in [-0.4, -0.2) is 24.1 Å². The van der Waals surface area contributed by atoms with Crippen LogP contribution in [0.3, 0.4) is 0 Å². The molecule has 1 N–H and O–H groups in total. The van der Waals surface area contributed by atoms with Gasteiger partial charge in [-0.15, -0.1) is 11.3 Å². The molecular weight excluding hydrogens is 376 g/mol. The van der Waals surface area contributed by atoms with E-state index < -0.39 is 0 Å². The number of thiazole rings is 1. The summed E-state index contributed by atoms with van der Waals surface area (Å²) in [5.74, 6) is 1.78. The first-order valence-electron chi connectivity index (χ1n) is 8.93. The standard InChI is InChI=1S/C21H16N2O4S/c24-20(22-13-6-7-15-18(12-13)26-11-3-10-25-15)16-8-9-17(27-16)21-23-14-4-1-2-5-19(14)28-21/h1-2,4-9,12H,3,10-11H2,(H,22,24). The van der Waals surface area contributed by atoms with Crippen LogP contribution in [0.2, 0.25) is 0 Å². The van der Waals surface area contributed by atoms with E-state index in [4.69, 9.17) is 13.9 Å². The van der Waals surface area contributed by atoms with Crippen LogP contribution in [0.4, 0.5) is 5.69 Å². The Bertz CT molecular complexity index is 1130. The van der Waals surface area contributed by atoms with Crippen molar-refractivity contribution >= 4 is 33.1 Å². The lowest BCUT2D eigenvalue weighted by Gasteiger charge is -2.09. The second kappa shape index (κ2) is 7.01. The Morgan fingerprint density at radius 1 is 1.00 bits per heavy atom. The molecule has 0 aliphatic carbocycles. The highest BCUT2D eigenvalue weighted by atomic mass is 32.1. The number of furan rings is 1. The Morgan fingerprint density at radius 3 is 2.75 bits per heavy atom. The van der Waals surface area contributed by atoms with Crippen LogP contribution < -0.4 is 14.8 Å². The highest BCUT2D eigenvalue weighted by molar-refractivity contribution is 7.21. The first kappa shape index (κ1) is 16.8. The van der Waals surface area contributed by atoms with E-state index in [0.29, 0.717) is 36.2 Å². The summed E-state index contributed by atoms with van der Waals surface area (Å²) >= 11 is 1.53. The summed E-state index contributed by atoms with van der Waals surface area (Å²) in [6.07, 6.45) is 0.831. The first-order chi connectivity index (χ1) is 13.8. The van der Waals surface area contributed by atoms with Crippen molar-refractivity contribution in [3.8, 4) is 22.3 Å². The van der Waals surface area contributed by atoms with Gasteiger partial charge < -0.3 is 19.2 Å². The van der Waals surface area contributed by atoms with Gasteiger partial charge in [0.2, 0.25) is 0 Å². The maximum atomic E-state index is 12.6. The zero-order valence-corrected chi connectivity index (χ0v) is 15.6. The van der Waals surface area contributed by atoms with Crippen LogP contribution in [0, 0.1) is 0 Å². The number of nitrogens with zero attached hydrogens (tertiary/aromatic N) is 1. The van der Waals surface area contributed by atoms with Crippen molar-refractivity contribution in [1.82, 2.24) is 4.98 Å². The number of fused-ring (bicyclic) bond motifs is 2. The van der Waals surface area contributed by atoms with Crippen molar-refractivity contribution in [2.75, 3.05) is 18.5 Å². The molecule has 1 aliphatic heterocycles. The van der Waals surface area contributed by atoms with Gasteiger partial charge in [-0.3, -0.25) is 4.79 Å². The van der Waals surface area contributed by atoms with Gasteiger partial charge in [-0.2, -0.15) is 0 Å². The number of amides is 1. The van der Waals surface area contributed by atoms with E-state index in [1.165, 1.54) is 11.3 Å². The fraction of sp³-hybridized carbons (Fsp3) is 0.143. The van der Waals surface area contributed by atoms with Gasteiger partial charge in [0, 0.05) is 18.2 Å². The van der Waals surface area contributed by atoms with Crippen LogP contribution >= 0.6 is 11.3 Å². The van der Waals surface area contributed by atoms with E-state index in [1.54, 1.807) is 30.3 Å². The summed E-state index contributed by atoms with van der Waals surface area (Å²) in [5, 5.41) is 3.58. The zero-order chi connectivity index (χ0) is 18.9. The lowest BCUT2D eigenvalue weighted by atomic mass is 10.2. The number of anilines is 1. The molecule has 0 bridgehead atoms. The van der Waals surface area contributed by atoms with Gasteiger partial charge in [0.15, 0.2) is 28.0 Å². The molecule has 7 heteroatoms. The molecule has 1 amide bonds. The number of hydrogen-bond donors (Lipinski definition) is 1. The number of benzene rings is 2. The minimum absolute atomic E-state index is 0.223. The second-order valence-corrected chi connectivity index (χ2v) is 7.35. The number of para-hydroxylation sites is 1. The highest BCUT2D eigenvalue weighted by Gasteiger charge is 2.17. The molecule has 3 heterocycles. The largest absolute Gasteiger partial charge is 0.490 e. The molecule has 0 unspecified atom stereocenters. The van der Waals surface area contributed by atoms with Crippen molar-refractivity contribution in [1.29, 1.82) is 0 Å². The third-order valence-electron chi connectivity index (χ3n) is 4.34. The van der Waals surface area contributed by atoms with Crippen molar-refractivity contribution in [3.63, 3.8) is 0 Å². The molecule has 5 rings (SSSR count). The summed E-state index contributed by atoms with van der Waals surface area (Å²) < 4.78 is 18.1. The van der Waals surface area contributed by atoms with E-state index >= 15 is 0 Å². The number of ether oxygens (including phenoxy) is 2. The summed E-state index contributed by atoms with van der Waals surface area (Å²) in [4.78, 5) is 17.1. The molecule has 1 aliphatic rings.